The van der Waals surface area contributed by atoms with Crippen molar-refractivity contribution in [1.82, 2.24) is 0 Å². The summed E-state index contributed by atoms with van der Waals surface area (Å²) in [6, 6.07) is 0. The Bertz CT molecular complexity index is 928. The van der Waals surface area contributed by atoms with Gasteiger partial charge in [0.25, 0.3) is 0 Å². The van der Waals surface area contributed by atoms with Crippen LogP contribution in [0.3, 0.4) is 0 Å². The van der Waals surface area contributed by atoms with Gasteiger partial charge in [0.15, 0.2) is 0 Å². The number of carboxylic acids is 1. The molecule has 0 aromatic heterocycles. The van der Waals surface area contributed by atoms with Gasteiger partial charge in [-0.05, 0) is 92.8 Å². The summed E-state index contributed by atoms with van der Waals surface area (Å²) >= 11 is 0. The molecule has 4 aliphatic rings. The molecule has 0 saturated heterocycles. The number of allylic oxidation sites excluding steroid dienone is 2. The smallest absolute Gasteiger partial charge is 0.306 e. The quantitative estimate of drug-likeness (QED) is 0.422. The lowest BCUT2D eigenvalue weighted by Crippen LogP contribution is -2.54. The third-order valence-corrected chi connectivity index (χ3v) is 11.7. The predicted octanol–water partition coefficient (Wildman–Crippen LogP) is 6.72. The van der Waals surface area contributed by atoms with Crippen LogP contribution in [0.5, 0.6) is 0 Å². The van der Waals surface area contributed by atoms with Gasteiger partial charge in [-0.1, -0.05) is 57.9 Å². The van der Waals surface area contributed by atoms with Gasteiger partial charge in [0.05, 0.1) is 12.0 Å². The van der Waals surface area contributed by atoms with Crippen LogP contribution in [0.25, 0.3) is 0 Å². The highest BCUT2D eigenvalue weighted by atomic mass is 16.4. The molecule has 34 heavy (non-hydrogen) atoms. The number of fused-ring (bicyclic) bond motifs is 4. The van der Waals surface area contributed by atoms with Crippen LogP contribution in [0.15, 0.2) is 23.3 Å². The Hall–Kier alpha value is -1.42. The van der Waals surface area contributed by atoms with E-state index < -0.39 is 18.0 Å². The van der Waals surface area contributed by atoms with E-state index in [2.05, 4.69) is 41.2 Å². The second kappa shape index (κ2) is 8.32. The molecule has 0 heterocycles. The summed E-state index contributed by atoms with van der Waals surface area (Å²) in [5.74, 6) is -0.196. The number of aliphatic carboxylic acids is 1. The minimum atomic E-state index is -0.715. The summed E-state index contributed by atoms with van der Waals surface area (Å²) in [4.78, 5) is 25.3. The highest BCUT2D eigenvalue weighted by Crippen LogP contribution is 2.72. The van der Waals surface area contributed by atoms with E-state index in [1.165, 1.54) is 0 Å². The molecule has 1 unspecified atom stereocenters. The minimum absolute atomic E-state index is 0.0193. The van der Waals surface area contributed by atoms with E-state index in [1.807, 2.05) is 0 Å². The summed E-state index contributed by atoms with van der Waals surface area (Å²) in [7, 11) is 0. The molecule has 0 aliphatic heterocycles. The molecule has 2 fully saturated rings. The Morgan fingerprint density at radius 2 is 1.68 bits per heavy atom. The zero-order valence-corrected chi connectivity index (χ0v) is 22.3. The van der Waals surface area contributed by atoms with Crippen LogP contribution in [-0.2, 0) is 9.59 Å². The van der Waals surface area contributed by atoms with E-state index in [9.17, 15) is 19.8 Å². The molecule has 190 valence electrons. The number of aliphatic hydroxyl groups is 1. The lowest BCUT2D eigenvalue weighted by Gasteiger charge is -2.60. The molecule has 0 amide bonds. The van der Waals surface area contributed by atoms with Crippen molar-refractivity contribution in [3.05, 3.63) is 23.3 Å². The normalized spacial score (nSPS) is 40.7. The molecule has 0 aromatic carbocycles. The predicted molar refractivity (Wildman–Crippen MR) is 135 cm³/mol. The monoisotopic (exact) mass is 470 g/mol. The molecular weight excluding hydrogens is 424 g/mol. The highest BCUT2D eigenvalue weighted by molar-refractivity contribution is 5.85. The van der Waals surface area contributed by atoms with Gasteiger partial charge in [-0.25, -0.2) is 0 Å². The number of carbonyl (C=O) groups excluding carboxylic acids is 1. The fourth-order valence-corrected chi connectivity index (χ4v) is 9.26. The Balaban J connectivity index is 1.68. The molecule has 4 aliphatic carbocycles. The summed E-state index contributed by atoms with van der Waals surface area (Å²) in [5.41, 5.74) is 3.73. The van der Waals surface area contributed by atoms with Crippen molar-refractivity contribution >= 4 is 11.8 Å². The first kappa shape index (κ1) is 25.7. The van der Waals surface area contributed by atoms with Gasteiger partial charge < -0.3 is 10.2 Å². The molecular formula is C30H46O4. The summed E-state index contributed by atoms with van der Waals surface area (Å²) in [5, 5.41) is 20.5. The van der Waals surface area contributed by atoms with Crippen LogP contribution in [-0.4, -0.2) is 28.1 Å². The van der Waals surface area contributed by atoms with Crippen LogP contribution in [0.1, 0.15) is 106 Å². The number of aliphatic hydroxyl groups excluding tert-OH is 1. The topological polar surface area (TPSA) is 74.6 Å². The summed E-state index contributed by atoms with van der Waals surface area (Å²) in [6.07, 6.45) is 8.15. The molecule has 4 nitrogen and oxygen atoms in total. The molecule has 0 bridgehead atoms. The van der Waals surface area contributed by atoms with E-state index in [0.29, 0.717) is 36.5 Å². The van der Waals surface area contributed by atoms with Crippen molar-refractivity contribution in [2.75, 3.05) is 0 Å². The van der Waals surface area contributed by atoms with Gasteiger partial charge in [0.2, 0.25) is 0 Å². The maximum atomic E-state index is 12.8. The van der Waals surface area contributed by atoms with Crippen LogP contribution < -0.4 is 0 Å². The Morgan fingerprint density at radius 3 is 2.29 bits per heavy atom. The minimum Gasteiger partial charge on any atom is -0.481 e. The van der Waals surface area contributed by atoms with Gasteiger partial charge in [0.1, 0.15) is 5.78 Å². The van der Waals surface area contributed by atoms with Gasteiger partial charge >= 0.3 is 5.97 Å². The maximum absolute atomic E-state index is 12.8. The average Bonchev–Trinajstić information content (AvgIpc) is 3.02. The highest BCUT2D eigenvalue weighted by Gasteiger charge is 2.64. The Kier molecular flexibility index (Phi) is 6.28. The van der Waals surface area contributed by atoms with Crippen molar-refractivity contribution in [2.45, 2.75) is 112 Å². The van der Waals surface area contributed by atoms with E-state index in [1.54, 1.807) is 18.1 Å². The van der Waals surface area contributed by atoms with Crippen molar-refractivity contribution in [1.29, 1.82) is 0 Å². The molecule has 0 aromatic rings. The van der Waals surface area contributed by atoms with Gasteiger partial charge in [-0.3, -0.25) is 9.59 Å². The molecule has 2 saturated carbocycles. The zero-order valence-electron chi connectivity index (χ0n) is 22.3. The number of hydrogen-bond donors (Lipinski definition) is 2. The van der Waals surface area contributed by atoms with E-state index in [4.69, 9.17) is 0 Å². The first-order valence-corrected chi connectivity index (χ1v) is 13.5. The van der Waals surface area contributed by atoms with Crippen LogP contribution in [0.4, 0.5) is 0 Å². The summed E-state index contributed by atoms with van der Waals surface area (Å²) < 4.78 is 0. The number of carbonyl (C=O) groups is 2. The lowest BCUT2D eigenvalue weighted by molar-refractivity contribution is -0.147. The largest absolute Gasteiger partial charge is 0.481 e. The van der Waals surface area contributed by atoms with Gasteiger partial charge in [0, 0.05) is 11.8 Å². The maximum Gasteiger partial charge on any atom is 0.306 e. The standard InChI is InChI=1S/C30H46O4/c1-18(2)23(31)10-8-19(26(33)34)20-12-16-30(7)22-9-11-24-27(3,4)25(32)14-15-28(24,5)21(22)13-17-29(20,30)6/h19-20,23-24,31H,1,8-17H2,2-7H3,(H,33,34)/t19-,20+,23-,24?,28+,29+,30-/m0/s1. The third-order valence-electron chi connectivity index (χ3n) is 11.7. The fourth-order valence-electron chi connectivity index (χ4n) is 9.26. The number of Topliss-reactive ketones (excluding diaryl/α,β-unsaturated/α-hetero) is 1. The third kappa shape index (κ3) is 3.49. The van der Waals surface area contributed by atoms with Crippen molar-refractivity contribution in [2.24, 2.45) is 39.4 Å². The number of hydrogen-bond acceptors (Lipinski definition) is 3. The summed E-state index contributed by atoms with van der Waals surface area (Å²) in [6.45, 7) is 17.2. The molecule has 4 heteroatoms. The molecule has 2 N–H and O–H groups in total. The van der Waals surface area contributed by atoms with Crippen molar-refractivity contribution < 1.29 is 19.8 Å². The lowest BCUT2D eigenvalue weighted by atomic mass is 9.43. The first-order valence-electron chi connectivity index (χ1n) is 13.5. The molecule has 4 rings (SSSR count). The SMILES string of the molecule is C=C(C)[C@@H](O)CC[C@H](C(=O)O)[C@H]1CC[C@@]2(C)C3=C(CC[C@]12C)[C@@]1(C)CCC(=O)C(C)(C)C1CC3. The van der Waals surface area contributed by atoms with Crippen LogP contribution in [0.2, 0.25) is 0 Å². The number of ketones is 1. The average molecular weight is 471 g/mol. The van der Waals surface area contributed by atoms with Crippen LogP contribution in [0, 0.1) is 39.4 Å². The second-order valence-electron chi connectivity index (χ2n) is 13.4. The van der Waals surface area contributed by atoms with Gasteiger partial charge in [-0.15, -0.1) is 0 Å². The van der Waals surface area contributed by atoms with Crippen LogP contribution >= 0.6 is 0 Å². The number of rotatable bonds is 6. The van der Waals surface area contributed by atoms with Gasteiger partial charge in [-0.2, -0.15) is 0 Å². The molecule has 0 spiro atoms. The van der Waals surface area contributed by atoms with Crippen molar-refractivity contribution in [3.8, 4) is 0 Å². The first-order chi connectivity index (χ1) is 15.7. The fraction of sp³-hybridized carbons (Fsp3) is 0.800. The van der Waals surface area contributed by atoms with E-state index in [0.717, 1.165) is 44.9 Å². The van der Waals surface area contributed by atoms with E-state index in [-0.39, 0.29) is 27.6 Å². The van der Waals surface area contributed by atoms with E-state index >= 15 is 0 Å². The Morgan fingerprint density at radius 1 is 1.00 bits per heavy atom. The Labute approximate surface area is 206 Å². The van der Waals surface area contributed by atoms with Crippen molar-refractivity contribution in [3.63, 3.8) is 0 Å². The molecule has 0 radical (unpaired) electrons. The second-order valence-corrected chi connectivity index (χ2v) is 13.4. The zero-order chi connectivity index (χ0) is 25.3. The molecule has 7 atom stereocenters. The number of carboxylic acid groups (broad SMARTS) is 1.